The first-order valence-electron chi connectivity index (χ1n) is 6.78. The Bertz CT molecular complexity index is 671. The van der Waals surface area contributed by atoms with Crippen molar-refractivity contribution >= 4 is 11.9 Å². The van der Waals surface area contributed by atoms with Crippen LogP contribution in [-0.4, -0.2) is 17.0 Å². The van der Waals surface area contributed by atoms with Crippen molar-refractivity contribution in [3.8, 4) is 0 Å². The molecule has 1 aromatic heterocycles. The van der Waals surface area contributed by atoms with Crippen LogP contribution in [0.25, 0.3) is 0 Å². The van der Waals surface area contributed by atoms with E-state index < -0.39 is 11.4 Å². The second kappa shape index (κ2) is 5.09. The molecule has 2 aromatic rings. The normalized spacial score (nSPS) is 15.4. The molecular weight excluding hydrogens is 270 g/mol. The highest BCUT2D eigenvalue weighted by atomic mass is 16.4. The highest BCUT2D eigenvalue weighted by Gasteiger charge is 2.50. The lowest BCUT2D eigenvalue weighted by Crippen LogP contribution is -2.34. The molecule has 0 unspecified atom stereocenters. The first kappa shape index (κ1) is 13.4. The Hall–Kier alpha value is -2.56. The molecule has 5 nitrogen and oxygen atoms in total. The zero-order chi connectivity index (χ0) is 14.9. The monoisotopic (exact) mass is 285 g/mol. The molecule has 0 spiro atoms. The molecule has 108 valence electrons. The zero-order valence-electron chi connectivity index (χ0n) is 11.3. The van der Waals surface area contributed by atoms with E-state index in [1.54, 1.807) is 6.07 Å². The number of aromatic carboxylic acids is 1. The number of nitrogens with one attached hydrogen (secondary N) is 1. The average Bonchev–Trinajstić information content (AvgIpc) is 3.17. The van der Waals surface area contributed by atoms with Crippen LogP contribution >= 0.6 is 0 Å². The fourth-order valence-electron chi connectivity index (χ4n) is 2.45. The summed E-state index contributed by atoms with van der Waals surface area (Å²) >= 11 is 0. The summed E-state index contributed by atoms with van der Waals surface area (Å²) in [6, 6.07) is 12.6. The van der Waals surface area contributed by atoms with E-state index in [1.165, 1.54) is 6.07 Å². The van der Waals surface area contributed by atoms with Crippen LogP contribution in [0.5, 0.6) is 0 Å². The number of carboxylic acids is 1. The Balaban J connectivity index is 1.65. The predicted octanol–water partition coefficient (Wildman–Crippen LogP) is 2.33. The van der Waals surface area contributed by atoms with Gasteiger partial charge in [-0.2, -0.15) is 0 Å². The van der Waals surface area contributed by atoms with E-state index in [9.17, 15) is 9.59 Å². The molecule has 3 rings (SSSR count). The molecule has 0 saturated heterocycles. The van der Waals surface area contributed by atoms with Crippen LogP contribution in [0.15, 0.2) is 46.9 Å². The minimum atomic E-state index is -1.12. The van der Waals surface area contributed by atoms with Crippen LogP contribution in [0.3, 0.4) is 0 Å². The van der Waals surface area contributed by atoms with Crippen LogP contribution in [-0.2, 0) is 16.8 Å². The molecule has 0 radical (unpaired) electrons. The molecule has 1 fully saturated rings. The van der Waals surface area contributed by atoms with Crippen molar-refractivity contribution in [2.45, 2.75) is 24.8 Å². The molecule has 1 saturated carbocycles. The van der Waals surface area contributed by atoms with Crippen LogP contribution in [0.2, 0.25) is 0 Å². The summed E-state index contributed by atoms with van der Waals surface area (Å²) in [5.41, 5.74) is 0.594. The van der Waals surface area contributed by atoms with Crippen molar-refractivity contribution in [3.63, 3.8) is 0 Å². The van der Waals surface area contributed by atoms with Gasteiger partial charge in [-0.1, -0.05) is 30.3 Å². The standard InChI is InChI=1S/C16H15NO4/c18-14(19)13-7-6-12(21-13)10-17-15(20)16(8-9-16)11-4-2-1-3-5-11/h1-7H,8-10H2,(H,17,20)(H,18,19). The molecule has 1 aliphatic rings. The number of rotatable bonds is 5. The van der Waals surface area contributed by atoms with E-state index in [1.807, 2.05) is 30.3 Å². The minimum Gasteiger partial charge on any atom is -0.475 e. The number of carboxylic acid groups (broad SMARTS) is 1. The molecule has 1 amide bonds. The van der Waals surface area contributed by atoms with Crippen LogP contribution in [0.1, 0.15) is 34.7 Å². The number of furan rings is 1. The third-order valence-corrected chi connectivity index (χ3v) is 3.81. The van der Waals surface area contributed by atoms with Gasteiger partial charge in [0, 0.05) is 0 Å². The van der Waals surface area contributed by atoms with Gasteiger partial charge in [0.15, 0.2) is 0 Å². The van der Waals surface area contributed by atoms with E-state index in [-0.39, 0.29) is 18.2 Å². The van der Waals surface area contributed by atoms with Crippen molar-refractivity contribution in [3.05, 3.63) is 59.5 Å². The lowest BCUT2D eigenvalue weighted by molar-refractivity contribution is -0.123. The lowest BCUT2D eigenvalue weighted by atomic mass is 9.95. The SMILES string of the molecule is O=C(O)c1ccc(CNC(=O)C2(c3ccccc3)CC2)o1. The number of hydrogen-bond acceptors (Lipinski definition) is 3. The summed E-state index contributed by atoms with van der Waals surface area (Å²) in [4.78, 5) is 23.1. The molecule has 5 heteroatoms. The smallest absolute Gasteiger partial charge is 0.371 e. The highest BCUT2D eigenvalue weighted by molar-refractivity contribution is 5.91. The van der Waals surface area contributed by atoms with Gasteiger partial charge >= 0.3 is 5.97 Å². The molecule has 21 heavy (non-hydrogen) atoms. The largest absolute Gasteiger partial charge is 0.475 e. The third kappa shape index (κ3) is 2.54. The maximum absolute atomic E-state index is 12.4. The van der Waals surface area contributed by atoms with E-state index in [0.717, 1.165) is 18.4 Å². The predicted molar refractivity (Wildman–Crippen MR) is 74.9 cm³/mol. The van der Waals surface area contributed by atoms with E-state index in [0.29, 0.717) is 5.76 Å². The molecule has 1 heterocycles. The lowest BCUT2D eigenvalue weighted by Gasteiger charge is -2.15. The Morgan fingerprint density at radius 2 is 1.86 bits per heavy atom. The van der Waals surface area contributed by atoms with Gasteiger partial charge in [-0.15, -0.1) is 0 Å². The van der Waals surface area contributed by atoms with Crippen molar-refractivity contribution in [1.29, 1.82) is 0 Å². The third-order valence-electron chi connectivity index (χ3n) is 3.81. The summed E-state index contributed by atoms with van der Waals surface area (Å²) in [6.45, 7) is 0.195. The second-order valence-electron chi connectivity index (χ2n) is 5.20. The van der Waals surface area contributed by atoms with Crippen LogP contribution < -0.4 is 5.32 Å². The number of benzene rings is 1. The van der Waals surface area contributed by atoms with Gasteiger partial charge in [0.25, 0.3) is 0 Å². The number of amides is 1. The van der Waals surface area contributed by atoms with Gasteiger partial charge in [-0.3, -0.25) is 4.79 Å². The maximum atomic E-state index is 12.4. The summed E-state index contributed by atoms with van der Waals surface area (Å²) < 4.78 is 5.12. The van der Waals surface area contributed by atoms with Gasteiger partial charge in [0.05, 0.1) is 12.0 Å². The maximum Gasteiger partial charge on any atom is 0.371 e. The van der Waals surface area contributed by atoms with Crippen LogP contribution in [0, 0.1) is 0 Å². The van der Waals surface area contributed by atoms with Gasteiger partial charge in [0.1, 0.15) is 5.76 Å². The van der Waals surface area contributed by atoms with Gasteiger partial charge in [0.2, 0.25) is 11.7 Å². The quantitative estimate of drug-likeness (QED) is 0.883. The summed E-state index contributed by atoms with van der Waals surface area (Å²) in [7, 11) is 0. The number of carbonyl (C=O) groups excluding carboxylic acids is 1. The summed E-state index contributed by atoms with van der Waals surface area (Å²) in [5, 5.41) is 11.6. The fraction of sp³-hybridized carbons (Fsp3) is 0.250. The molecular formula is C16H15NO4. The molecule has 1 aliphatic carbocycles. The first-order chi connectivity index (χ1) is 10.1. The molecule has 2 N–H and O–H groups in total. The minimum absolute atomic E-state index is 0.0398. The van der Waals surface area contributed by atoms with Crippen molar-refractivity contribution in [1.82, 2.24) is 5.32 Å². The van der Waals surface area contributed by atoms with E-state index in [2.05, 4.69) is 5.32 Å². The zero-order valence-corrected chi connectivity index (χ0v) is 11.3. The summed E-state index contributed by atoms with van der Waals surface area (Å²) in [5.74, 6) is -0.842. The Labute approximate surface area is 121 Å². The molecule has 0 bridgehead atoms. The summed E-state index contributed by atoms with van der Waals surface area (Å²) in [6.07, 6.45) is 1.67. The molecule has 0 aliphatic heterocycles. The van der Waals surface area contributed by atoms with Crippen molar-refractivity contribution in [2.24, 2.45) is 0 Å². The molecule has 1 aromatic carbocycles. The average molecular weight is 285 g/mol. The van der Waals surface area contributed by atoms with Gasteiger partial charge < -0.3 is 14.8 Å². The van der Waals surface area contributed by atoms with Crippen molar-refractivity contribution in [2.75, 3.05) is 0 Å². The number of hydrogen-bond donors (Lipinski definition) is 2. The van der Waals surface area contributed by atoms with E-state index >= 15 is 0 Å². The second-order valence-corrected chi connectivity index (χ2v) is 5.20. The van der Waals surface area contributed by atoms with Gasteiger partial charge in [-0.25, -0.2) is 4.79 Å². The van der Waals surface area contributed by atoms with Crippen LogP contribution in [0.4, 0.5) is 0 Å². The van der Waals surface area contributed by atoms with Crippen molar-refractivity contribution < 1.29 is 19.1 Å². The highest BCUT2D eigenvalue weighted by Crippen LogP contribution is 2.48. The number of carbonyl (C=O) groups is 2. The Morgan fingerprint density at radius 3 is 2.43 bits per heavy atom. The van der Waals surface area contributed by atoms with E-state index in [4.69, 9.17) is 9.52 Å². The Kier molecular flexibility index (Phi) is 3.25. The Morgan fingerprint density at radius 1 is 1.14 bits per heavy atom. The van der Waals surface area contributed by atoms with Gasteiger partial charge in [-0.05, 0) is 30.5 Å². The topological polar surface area (TPSA) is 79.5 Å². The first-order valence-corrected chi connectivity index (χ1v) is 6.78. The molecule has 0 atom stereocenters. The fourth-order valence-corrected chi connectivity index (χ4v) is 2.45.